The number of aromatic nitrogens is 4. The summed E-state index contributed by atoms with van der Waals surface area (Å²) in [4.78, 5) is 31.0. The third kappa shape index (κ3) is 5.38. The number of hydrogen-bond donors (Lipinski definition) is 2. The fourth-order valence-corrected chi connectivity index (χ4v) is 4.02. The molecular formula is C23H31BN6O3. The summed E-state index contributed by atoms with van der Waals surface area (Å²) in [7, 11) is 3.67. The monoisotopic (exact) mass is 450 g/mol. The number of nitrogens with zero attached hydrogens (tertiary/aromatic N) is 4. The Labute approximate surface area is 194 Å². The first kappa shape index (κ1) is 22.9. The number of ether oxygens (including phenoxy) is 2. The van der Waals surface area contributed by atoms with Crippen LogP contribution in [0.2, 0.25) is 0 Å². The summed E-state index contributed by atoms with van der Waals surface area (Å²) >= 11 is 0. The second-order valence-corrected chi connectivity index (χ2v) is 9.47. The first-order valence-corrected chi connectivity index (χ1v) is 11.3. The van der Waals surface area contributed by atoms with Crippen molar-refractivity contribution < 1.29 is 14.3 Å². The van der Waals surface area contributed by atoms with E-state index in [1.54, 1.807) is 18.3 Å². The van der Waals surface area contributed by atoms with Crippen molar-refractivity contribution >= 4 is 36.5 Å². The van der Waals surface area contributed by atoms with Gasteiger partial charge in [-0.3, -0.25) is 0 Å². The molecule has 1 aliphatic rings. The summed E-state index contributed by atoms with van der Waals surface area (Å²) in [6.07, 6.45) is 3.21. The maximum Gasteiger partial charge on any atom is 0.410 e. The van der Waals surface area contributed by atoms with Crippen LogP contribution in [-0.2, 0) is 4.74 Å². The zero-order chi connectivity index (χ0) is 23.6. The summed E-state index contributed by atoms with van der Waals surface area (Å²) in [5.41, 5.74) is 3.71. The van der Waals surface area contributed by atoms with Crippen molar-refractivity contribution in [1.29, 1.82) is 0 Å². The van der Waals surface area contributed by atoms with Crippen molar-refractivity contribution in [1.82, 2.24) is 24.8 Å². The molecule has 174 valence electrons. The lowest BCUT2D eigenvalue weighted by Crippen LogP contribution is -2.42. The van der Waals surface area contributed by atoms with Crippen LogP contribution in [0.5, 0.6) is 5.75 Å². The Morgan fingerprint density at radius 2 is 2.03 bits per heavy atom. The molecule has 10 heteroatoms. The molecule has 0 aliphatic carbocycles. The van der Waals surface area contributed by atoms with E-state index in [2.05, 4.69) is 20.3 Å². The average molecular weight is 450 g/mol. The van der Waals surface area contributed by atoms with Crippen molar-refractivity contribution in [3.63, 3.8) is 0 Å². The smallest absolute Gasteiger partial charge is 0.410 e. The Balaban J connectivity index is 1.43. The molecule has 3 heterocycles. The van der Waals surface area contributed by atoms with Gasteiger partial charge in [-0.25, -0.2) is 14.8 Å². The summed E-state index contributed by atoms with van der Waals surface area (Å²) in [6, 6.07) is 5.97. The van der Waals surface area contributed by atoms with Crippen LogP contribution < -0.4 is 15.5 Å². The normalized spacial score (nSPS) is 15.0. The molecule has 0 unspecified atom stereocenters. The third-order valence-corrected chi connectivity index (χ3v) is 5.76. The molecule has 2 N–H and O–H groups in total. The van der Waals surface area contributed by atoms with Crippen molar-refractivity contribution in [2.75, 3.05) is 32.1 Å². The van der Waals surface area contributed by atoms with Crippen molar-refractivity contribution in [2.45, 2.75) is 39.2 Å². The first-order valence-electron chi connectivity index (χ1n) is 11.3. The molecule has 0 bridgehead atoms. The predicted molar refractivity (Wildman–Crippen MR) is 131 cm³/mol. The second-order valence-electron chi connectivity index (χ2n) is 9.47. The quantitative estimate of drug-likeness (QED) is 0.575. The summed E-state index contributed by atoms with van der Waals surface area (Å²) in [5.74, 6) is 1.82. The Morgan fingerprint density at radius 1 is 1.27 bits per heavy atom. The van der Waals surface area contributed by atoms with Crippen LogP contribution in [0.25, 0.3) is 22.4 Å². The maximum atomic E-state index is 12.3. The highest BCUT2D eigenvalue weighted by molar-refractivity contribution is 6.34. The van der Waals surface area contributed by atoms with Crippen LogP contribution in [0, 0.1) is 5.92 Å². The van der Waals surface area contributed by atoms with Gasteiger partial charge in [0.1, 0.15) is 30.4 Å². The van der Waals surface area contributed by atoms with E-state index in [-0.39, 0.29) is 6.09 Å². The van der Waals surface area contributed by atoms with Gasteiger partial charge >= 0.3 is 6.09 Å². The zero-order valence-electron chi connectivity index (χ0n) is 19.9. The molecule has 0 atom stereocenters. The van der Waals surface area contributed by atoms with Gasteiger partial charge in [0.05, 0.1) is 13.4 Å². The van der Waals surface area contributed by atoms with Crippen LogP contribution in [0.4, 0.5) is 10.7 Å². The van der Waals surface area contributed by atoms with Crippen LogP contribution in [-0.4, -0.2) is 71.1 Å². The number of amides is 1. The molecular weight excluding hydrogens is 419 g/mol. The molecule has 4 rings (SSSR count). The van der Waals surface area contributed by atoms with E-state index in [1.807, 2.05) is 46.8 Å². The Kier molecular flexibility index (Phi) is 6.44. The number of benzene rings is 1. The van der Waals surface area contributed by atoms with E-state index in [0.717, 1.165) is 47.4 Å². The molecule has 9 nitrogen and oxygen atoms in total. The number of hydrogen-bond acceptors (Lipinski definition) is 7. The third-order valence-electron chi connectivity index (χ3n) is 5.76. The lowest BCUT2D eigenvalue weighted by atomic mass is 9.92. The van der Waals surface area contributed by atoms with E-state index in [9.17, 15) is 4.79 Å². The number of rotatable bonds is 5. The molecule has 0 radical (unpaired) electrons. The van der Waals surface area contributed by atoms with Gasteiger partial charge in [-0.1, -0.05) is 6.07 Å². The molecule has 0 saturated carbocycles. The van der Waals surface area contributed by atoms with Gasteiger partial charge in [-0.2, -0.15) is 4.98 Å². The highest BCUT2D eigenvalue weighted by atomic mass is 16.6. The molecule has 1 saturated heterocycles. The minimum atomic E-state index is -0.474. The van der Waals surface area contributed by atoms with Crippen molar-refractivity contribution in [3.05, 3.63) is 24.5 Å². The number of anilines is 1. The number of aromatic amines is 1. The number of H-pyrrole nitrogens is 1. The Hall–Kier alpha value is -3.30. The molecule has 3 aromatic rings. The predicted octanol–water partition coefficient (Wildman–Crippen LogP) is 2.35. The van der Waals surface area contributed by atoms with E-state index >= 15 is 0 Å². The lowest BCUT2D eigenvalue weighted by Gasteiger charge is -2.33. The van der Waals surface area contributed by atoms with E-state index in [1.165, 1.54) is 0 Å². The fourth-order valence-electron chi connectivity index (χ4n) is 4.02. The van der Waals surface area contributed by atoms with Crippen molar-refractivity contribution in [3.8, 4) is 17.0 Å². The number of methoxy groups -OCH3 is 1. The summed E-state index contributed by atoms with van der Waals surface area (Å²) in [6.45, 7) is 7.79. The number of fused-ring (bicyclic) bond motifs is 1. The number of carbonyl (C=O) groups excluding carboxylic acids is 1. The molecule has 0 spiro atoms. The van der Waals surface area contributed by atoms with Gasteiger partial charge in [-0.05, 0) is 57.1 Å². The van der Waals surface area contributed by atoms with Gasteiger partial charge in [0, 0.05) is 25.2 Å². The number of piperidine rings is 1. The minimum absolute atomic E-state index is 0.235. The Morgan fingerprint density at radius 3 is 2.70 bits per heavy atom. The van der Waals surface area contributed by atoms with E-state index < -0.39 is 5.60 Å². The second kappa shape index (κ2) is 9.29. The fraction of sp³-hybridized carbons (Fsp3) is 0.478. The number of imidazole rings is 1. The van der Waals surface area contributed by atoms with Crippen molar-refractivity contribution in [2.24, 2.45) is 5.92 Å². The van der Waals surface area contributed by atoms with E-state index in [4.69, 9.17) is 14.5 Å². The van der Waals surface area contributed by atoms with E-state index in [0.29, 0.717) is 30.6 Å². The topological polar surface area (TPSA) is 105 Å². The standard InChI is InChI=1S/C23H31BN6O3/c1-23(2,3)33-22(31)30-9-7-14(8-10-30)12-25-21-28-18(19-20(29-21)27-13-26-19)15-5-6-17(32-4)16(24)11-15/h5-6,11,13-14H,7-10,12,24H2,1-4H3,(H2,25,26,27,28,29). The molecule has 33 heavy (non-hydrogen) atoms. The largest absolute Gasteiger partial charge is 0.497 e. The summed E-state index contributed by atoms with van der Waals surface area (Å²) < 4.78 is 10.9. The number of likely N-dealkylation sites (tertiary alicyclic amines) is 1. The van der Waals surface area contributed by atoms with Gasteiger partial charge in [0.2, 0.25) is 5.95 Å². The molecule has 1 aromatic carbocycles. The van der Waals surface area contributed by atoms with Gasteiger partial charge < -0.3 is 24.7 Å². The number of nitrogens with one attached hydrogen (secondary N) is 2. The first-order chi connectivity index (χ1) is 15.7. The number of carbonyl (C=O) groups is 1. The van der Waals surface area contributed by atoms with Crippen LogP contribution >= 0.6 is 0 Å². The Bertz CT molecular complexity index is 1130. The highest BCUT2D eigenvalue weighted by Crippen LogP contribution is 2.26. The molecule has 2 aromatic heterocycles. The van der Waals surface area contributed by atoms with Gasteiger partial charge in [0.15, 0.2) is 5.65 Å². The molecule has 1 amide bonds. The molecule has 1 fully saturated rings. The maximum absolute atomic E-state index is 12.3. The SMILES string of the molecule is Bc1cc(-c2nc(NCC3CCN(C(=O)OC(C)(C)C)CC3)nc3[nH]cnc23)ccc1OC. The average Bonchev–Trinajstić information content (AvgIpc) is 3.25. The van der Waals surface area contributed by atoms with Crippen LogP contribution in [0.3, 0.4) is 0 Å². The summed E-state index contributed by atoms with van der Waals surface area (Å²) in [5, 5.41) is 3.40. The van der Waals surface area contributed by atoms with Gasteiger partial charge in [0.25, 0.3) is 0 Å². The molecule has 1 aliphatic heterocycles. The van der Waals surface area contributed by atoms with Crippen LogP contribution in [0.15, 0.2) is 24.5 Å². The lowest BCUT2D eigenvalue weighted by molar-refractivity contribution is 0.0188. The van der Waals surface area contributed by atoms with Crippen LogP contribution in [0.1, 0.15) is 33.6 Å². The van der Waals surface area contributed by atoms with Gasteiger partial charge in [-0.15, -0.1) is 0 Å². The highest BCUT2D eigenvalue weighted by Gasteiger charge is 2.27. The zero-order valence-corrected chi connectivity index (χ0v) is 19.9. The minimum Gasteiger partial charge on any atom is -0.497 e.